The third kappa shape index (κ3) is 3.15. The predicted molar refractivity (Wildman–Crippen MR) is 113 cm³/mol. The summed E-state index contributed by atoms with van der Waals surface area (Å²) >= 11 is 0. The number of fused-ring (bicyclic) bond motifs is 2. The smallest absolute Gasteiger partial charge is 0.258 e. The lowest BCUT2D eigenvalue weighted by molar-refractivity contribution is 0.0955. The van der Waals surface area contributed by atoms with E-state index in [9.17, 15) is 10.1 Å². The average Bonchev–Trinajstić information content (AvgIpc) is 3.46. The van der Waals surface area contributed by atoms with Crippen LogP contribution in [0.25, 0.3) is 0 Å². The zero-order valence-electron chi connectivity index (χ0n) is 17.8. The van der Waals surface area contributed by atoms with Crippen LogP contribution in [-0.4, -0.2) is 31.2 Å². The number of ether oxygens (including phenoxy) is 5. The summed E-state index contributed by atoms with van der Waals surface area (Å²) in [5.74, 6) is 0.988. The molecule has 3 aliphatic rings. The van der Waals surface area contributed by atoms with Gasteiger partial charge in [0.15, 0.2) is 11.5 Å². The Balaban J connectivity index is 1.70. The van der Waals surface area contributed by atoms with Gasteiger partial charge in [-0.05, 0) is 37.5 Å². The highest BCUT2D eigenvalue weighted by Gasteiger charge is 2.36. The molecule has 1 fully saturated rings. The number of allylic oxidation sites excluding steroid dienone is 1. The fourth-order valence-electron chi connectivity index (χ4n) is 4.55. The zero-order chi connectivity index (χ0) is 22.4. The van der Waals surface area contributed by atoms with Crippen LogP contribution in [0.5, 0.6) is 23.0 Å². The molecule has 2 unspecified atom stereocenters. The van der Waals surface area contributed by atoms with E-state index in [0.717, 1.165) is 18.5 Å². The molecular weight excluding hydrogens is 414 g/mol. The van der Waals surface area contributed by atoms with Gasteiger partial charge in [0, 0.05) is 18.4 Å². The van der Waals surface area contributed by atoms with Crippen LogP contribution in [-0.2, 0) is 11.3 Å². The molecular formula is C23H23N3O6. The van der Waals surface area contributed by atoms with Gasteiger partial charge in [-0.25, -0.2) is 0 Å². The van der Waals surface area contributed by atoms with Crippen LogP contribution in [0.2, 0.25) is 0 Å². The van der Waals surface area contributed by atoms with Gasteiger partial charge in [-0.3, -0.25) is 4.79 Å². The molecule has 0 bridgehead atoms. The van der Waals surface area contributed by atoms with Gasteiger partial charge in [-0.1, -0.05) is 0 Å². The van der Waals surface area contributed by atoms with E-state index in [1.54, 1.807) is 22.8 Å². The Morgan fingerprint density at radius 1 is 1.28 bits per heavy atom. The Hall–Kier alpha value is -3.64. The molecule has 1 aromatic heterocycles. The average molecular weight is 437 g/mol. The number of aromatic nitrogens is 1. The molecule has 5 rings (SSSR count). The van der Waals surface area contributed by atoms with Crippen molar-refractivity contribution in [3.05, 3.63) is 56.8 Å². The highest BCUT2D eigenvalue weighted by Crippen LogP contribution is 2.47. The largest absolute Gasteiger partial charge is 0.493 e. The molecule has 1 saturated heterocycles. The molecule has 1 aromatic carbocycles. The van der Waals surface area contributed by atoms with Crippen molar-refractivity contribution in [2.24, 2.45) is 5.73 Å². The summed E-state index contributed by atoms with van der Waals surface area (Å²) in [5, 5.41) is 9.90. The first-order chi connectivity index (χ1) is 15.5. The maximum Gasteiger partial charge on any atom is 0.258 e. The third-order valence-electron chi connectivity index (χ3n) is 6.11. The first kappa shape index (κ1) is 20.3. The van der Waals surface area contributed by atoms with Gasteiger partial charge in [0.05, 0.1) is 31.2 Å². The highest BCUT2D eigenvalue weighted by molar-refractivity contribution is 5.61. The number of hydrogen-bond acceptors (Lipinski definition) is 8. The normalized spacial score (nSPS) is 21.2. The molecule has 0 amide bonds. The molecule has 0 radical (unpaired) electrons. The minimum atomic E-state index is -0.740. The predicted octanol–water partition coefficient (Wildman–Crippen LogP) is 2.29. The summed E-state index contributed by atoms with van der Waals surface area (Å²) in [7, 11) is 1.52. The SMILES string of the molecule is COc1cc(C2C(C#N)=C(N)Oc3cc(C)n(CC4CCCO4)c(=O)c32)cc2c1OCO2. The second-order valence-electron chi connectivity index (χ2n) is 8.00. The minimum absolute atomic E-state index is 0.0194. The van der Waals surface area contributed by atoms with Crippen molar-refractivity contribution in [1.82, 2.24) is 4.57 Å². The number of aryl methyl sites for hydroxylation is 1. The lowest BCUT2D eigenvalue weighted by Gasteiger charge is -2.28. The van der Waals surface area contributed by atoms with Crippen molar-refractivity contribution in [2.75, 3.05) is 20.5 Å². The molecule has 4 heterocycles. The van der Waals surface area contributed by atoms with E-state index in [2.05, 4.69) is 6.07 Å². The van der Waals surface area contributed by atoms with Gasteiger partial charge in [0.1, 0.15) is 17.4 Å². The molecule has 3 aliphatic heterocycles. The van der Waals surface area contributed by atoms with Crippen molar-refractivity contribution < 1.29 is 23.7 Å². The van der Waals surface area contributed by atoms with Crippen LogP contribution in [0.4, 0.5) is 0 Å². The van der Waals surface area contributed by atoms with Crippen LogP contribution in [0.3, 0.4) is 0 Å². The summed E-state index contributed by atoms with van der Waals surface area (Å²) in [6, 6.07) is 7.40. The van der Waals surface area contributed by atoms with Crippen molar-refractivity contribution in [3.8, 4) is 29.1 Å². The first-order valence-electron chi connectivity index (χ1n) is 10.4. The van der Waals surface area contributed by atoms with Gasteiger partial charge >= 0.3 is 0 Å². The van der Waals surface area contributed by atoms with Crippen LogP contribution in [0.15, 0.2) is 34.4 Å². The lowest BCUT2D eigenvalue weighted by Crippen LogP contribution is -2.35. The molecule has 0 aliphatic carbocycles. The molecule has 2 aromatic rings. The quantitative estimate of drug-likeness (QED) is 0.774. The molecule has 9 heteroatoms. The Bertz CT molecular complexity index is 1220. The number of hydrogen-bond donors (Lipinski definition) is 1. The summed E-state index contributed by atoms with van der Waals surface area (Å²) in [4.78, 5) is 13.7. The second-order valence-corrected chi connectivity index (χ2v) is 8.00. The molecule has 2 N–H and O–H groups in total. The van der Waals surface area contributed by atoms with Crippen LogP contribution >= 0.6 is 0 Å². The summed E-state index contributed by atoms with van der Waals surface area (Å²) < 4.78 is 29.7. The number of nitriles is 1. The lowest BCUT2D eigenvalue weighted by atomic mass is 9.83. The van der Waals surface area contributed by atoms with Gasteiger partial charge in [0.25, 0.3) is 5.56 Å². The minimum Gasteiger partial charge on any atom is -0.493 e. The fraction of sp³-hybridized carbons (Fsp3) is 0.391. The zero-order valence-corrected chi connectivity index (χ0v) is 17.8. The molecule has 0 spiro atoms. The second kappa shape index (κ2) is 7.80. The molecule has 166 valence electrons. The van der Waals surface area contributed by atoms with Gasteiger partial charge in [-0.2, -0.15) is 5.26 Å². The third-order valence-corrected chi connectivity index (χ3v) is 6.11. The number of benzene rings is 1. The van der Waals surface area contributed by atoms with Crippen molar-refractivity contribution in [2.45, 2.75) is 38.3 Å². The van der Waals surface area contributed by atoms with E-state index in [-0.39, 0.29) is 29.9 Å². The van der Waals surface area contributed by atoms with Crippen LogP contribution < -0.4 is 30.2 Å². The van der Waals surface area contributed by atoms with Gasteiger partial charge in [-0.15, -0.1) is 0 Å². The molecule has 2 atom stereocenters. The van der Waals surface area contributed by atoms with Gasteiger partial charge < -0.3 is 34.0 Å². The monoisotopic (exact) mass is 437 g/mol. The molecule has 32 heavy (non-hydrogen) atoms. The molecule has 9 nitrogen and oxygen atoms in total. The summed E-state index contributed by atoms with van der Waals surface area (Å²) in [6.07, 6.45) is 1.86. The summed E-state index contributed by atoms with van der Waals surface area (Å²) in [5.41, 5.74) is 7.73. The standard InChI is InChI=1S/C23H23N3O6/c1-12-6-16-20(23(27)26(12)10-14-4-3-5-29-14)19(15(9-24)22(25)32-16)13-7-17(28-2)21-18(8-13)30-11-31-21/h6-8,14,19H,3-5,10-11,25H2,1-2H3. The number of pyridine rings is 1. The maximum absolute atomic E-state index is 13.7. The summed E-state index contributed by atoms with van der Waals surface area (Å²) in [6.45, 7) is 3.05. The van der Waals surface area contributed by atoms with Crippen molar-refractivity contribution in [3.63, 3.8) is 0 Å². The van der Waals surface area contributed by atoms with E-state index in [1.807, 2.05) is 6.92 Å². The Labute approximate surface area is 184 Å². The van der Waals surface area contributed by atoms with E-state index in [0.29, 0.717) is 47.3 Å². The number of nitrogens with two attached hydrogens (primary N) is 1. The first-order valence-corrected chi connectivity index (χ1v) is 10.4. The fourth-order valence-corrected chi connectivity index (χ4v) is 4.55. The van der Waals surface area contributed by atoms with Crippen molar-refractivity contribution in [1.29, 1.82) is 5.26 Å². The number of rotatable bonds is 4. The Kier molecular flexibility index (Phi) is 4.94. The Morgan fingerprint density at radius 2 is 2.12 bits per heavy atom. The van der Waals surface area contributed by atoms with E-state index >= 15 is 0 Å². The van der Waals surface area contributed by atoms with E-state index < -0.39 is 5.92 Å². The Morgan fingerprint density at radius 3 is 2.84 bits per heavy atom. The number of nitrogens with zero attached hydrogens (tertiary/aromatic N) is 2. The topological polar surface area (TPSA) is 118 Å². The highest BCUT2D eigenvalue weighted by atomic mass is 16.7. The number of methoxy groups -OCH3 is 1. The maximum atomic E-state index is 13.7. The van der Waals surface area contributed by atoms with Crippen LogP contribution in [0, 0.1) is 18.3 Å². The van der Waals surface area contributed by atoms with Crippen molar-refractivity contribution >= 4 is 0 Å². The van der Waals surface area contributed by atoms with Crippen LogP contribution in [0.1, 0.15) is 35.6 Å². The van der Waals surface area contributed by atoms with Gasteiger partial charge in [0.2, 0.25) is 18.4 Å². The van der Waals surface area contributed by atoms with E-state index in [1.165, 1.54) is 7.11 Å². The molecule has 0 saturated carbocycles. The van der Waals surface area contributed by atoms with E-state index in [4.69, 9.17) is 29.4 Å².